The number of hydrogen-bond acceptors (Lipinski definition) is 7. The molecule has 0 saturated carbocycles. The molecular weight excluding hydrogens is 505 g/mol. The Hall–Kier alpha value is -3.87. The molecule has 2 aliphatic rings. The fraction of sp³-hybridized carbons (Fsp3) is 0.440. The van der Waals surface area contributed by atoms with Crippen LogP contribution in [-0.2, 0) is 4.79 Å². The highest BCUT2D eigenvalue weighted by atomic mass is 19.4. The minimum absolute atomic E-state index is 0.00807. The van der Waals surface area contributed by atoms with Gasteiger partial charge in [-0.1, -0.05) is 5.21 Å². The maximum Gasteiger partial charge on any atom is 0.573 e. The molecule has 10 nitrogen and oxygen atoms in total. The third kappa shape index (κ3) is 6.15. The van der Waals surface area contributed by atoms with Gasteiger partial charge in [-0.2, -0.15) is 0 Å². The van der Waals surface area contributed by atoms with Crippen LogP contribution in [0.4, 0.5) is 13.2 Å². The molecule has 13 heteroatoms. The van der Waals surface area contributed by atoms with E-state index in [1.807, 2.05) is 11.0 Å². The van der Waals surface area contributed by atoms with E-state index in [1.54, 1.807) is 17.0 Å². The number of benzene rings is 2. The molecule has 2 amide bonds. The Labute approximate surface area is 216 Å². The maximum absolute atomic E-state index is 12.9. The van der Waals surface area contributed by atoms with Gasteiger partial charge in [0.1, 0.15) is 17.0 Å². The number of alkyl halides is 3. The smallest absolute Gasteiger partial charge is 0.484 e. The third-order valence-corrected chi connectivity index (χ3v) is 6.93. The van der Waals surface area contributed by atoms with E-state index in [9.17, 15) is 22.8 Å². The van der Waals surface area contributed by atoms with Crippen molar-refractivity contribution >= 4 is 22.8 Å². The van der Waals surface area contributed by atoms with Crippen molar-refractivity contribution in [1.29, 1.82) is 0 Å². The van der Waals surface area contributed by atoms with E-state index < -0.39 is 6.36 Å². The van der Waals surface area contributed by atoms with Gasteiger partial charge < -0.3 is 19.3 Å². The van der Waals surface area contributed by atoms with Crippen molar-refractivity contribution < 1.29 is 32.2 Å². The van der Waals surface area contributed by atoms with E-state index in [0.717, 1.165) is 43.6 Å². The van der Waals surface area contributed by atoms with Gasteiger partial charge in [0.2, 0.25) is 0 Å². The highest BCUT2D eigenvalue weighted by Gasteiger charge is 2.32. The van der Waals surface area contributed by atoms with Crippen LogP contribution in [-0.4, -0.2) is 100 Å². The van der Waals surface area contributed by atoms with Crippen molar-refractivity contribution in [1.82, 2.24) is 30.1 Å². The predicted molar refractivity (Wildman–Crippen MR) is 130 cm³/mol. The number of nitrogens with zero attached hydrogens (tertiary/aromatic N) is 5. The number of halogens is 3. The van der Waals surface area contributed by atoms with Gasteiger partial charge in [0.05, 0.1) is 5.52 Å². The second kappa shape index (κ2) is 10.9. The average molecular weight is 533 g/mol. The lowest BCUT2D eigenvalue weighted by Gasteiger charge is -2.42. The summed E-state index contributed by atoms with van der Waals surface area (Å²) in [4.78, 5) is 31.5. The summed E-state index contributed by atoms with van der Waals surface area (Å²) >= 11 is 0. The number of piperidine rings is 1. The number of rotatable bonds is 6. The Kier molecular flexibility index (Phi) is 7.36. The monoisotopic (exact) mass is 532 g/mol. The summed E-state index contributed by atoms with van der Waals surface area (Å²) in [5.74, 6) is -0.250. The Morgan fingerprint density at radius 2 is 1.61 bits per heavy atom. The second-order valence-corrected chi connectivity index (χ2v) is 9.29. The highest BCUT2D eigenvalue weighted by molar-refractivity contribution is 5.97. The van der Waals surface area contributed by atoms with Crippen LogP contribution < -0.4 is 9.47 Å². The Morgan fingerprint density at radius 1 is 0.921 bits per heavy atom. The zero-order valence-corrected chi connectivity index (χ0v) is 20.5. The molecule has 1 aromatic heterocycles. The molecule has 5 rings (SSSR count). The van der Waals surface area contributed by atoms with Gasteiger partial charge >= 0.3 is 6.36 Å². The lowest BCUT2D eigenvalue weighted by Crippen LogP contribution is -2.55. The molecule has 0 radical (unpaired) electrons. The molecule has 0 unspecified atom stereocenters. The maximum atomic E-state index is 12.9. The number of carbonyl (C=O) groups excluding carboxylic acids is 2. The van der Waals surface area contributed by atoms with Gasteiger partial charge in [-0.3, -0.25) is 19.6 Å². The minimum Gasteiger partial charge on any atom is -0.484 e. The van der Waals surface area contributed by atoms with Crippen molar-refractivity contribution in [3.05, 3.63) is 48.0 Å². The number of fused-ring (bicyclic) bond motifs is 1. The SMILES string of the molecule is O=C(COc1ccc(OC(F)(F)F)cc1)N1CCN(C2CCN(C(=O)c3ccc4[nH]nnc4c3)CC2)CC1. The molecule has 202 valence electrons. The topological polar surface area (TPSA) is 104 Å². The third-order valence-electron chi connectivity index (χ3n) is 6.93. The van der Waals surface area contributed by atoms with Crippen LogP contribution in [0.1, 0.15) is 23.2 Å². The van der Waals surface area contributed by atoms with Crippen molar-refractivity contribution in [3.63, 3.8) is 0 Å². The Bertz CT molecular complexity index is 1270. The van der Waals surface area contributed by atoms with E-state index in [0.29, 0.717) is 43.3 Å². The summed E-state index contributed by atoms with van der Waals surface area (Å²) in [5.41, 5.74) is 2.06. The molecule has 2 aromatic carbocycles. The molecule has 2 fully saturated rings. The van der Waals surface area contributed by atoms with Crippen molar-refractivity contribution in [3.8, 4) is 11.5 Å². The fourth-order valence-corrected chi connectivity index (χ4v) is 4.90. The van der Waals surface area contributed by atoms with Gasteiger partial charge in [-0.25, -0.2) is 0 Å². The summed E-state index contributed by atoms with van der Waals surface area (Å²) in [7, 11) is 0. The summed E-state index contributed by atoms with van der Waals surface area (Å²) in [6.45, 7) is 3.74. The first-order chi connectivity index (χ1) is 18.2. The van der Waals surface area contributed by atoms with Crippen molar-refractivity contribution in [2.24, 2.45) is 0 Å². The number of likely N-dealkylation sites (tertiary alicyclic amines) is 1. The number of aromatic amines is 1. The van der Waals surface area contributed by atoms with Crippen LogP contribution in [0.15, 0.2) is 42.5 Å². The first-order valence-corrected chi connectivity index (χ1v) is 12.4. The number of carbonyl (C=O) groups is 2. The van der Waals surface area contributed by atoms with Crippen LogP contribution in [0.3, 0.4) is 0 Å². The number of H-pyrrole nitrogens is 1. The standard InChI is InChI=1S/C25H27F3N6O4/c26-25(27,28)38-20-4-2-19(3-5-20)37-16-23(35)33-13-11-32(12-14-33)18-7-9-34(10-8-18)24(36)17-1-6-21-22(15-17)30-31-29-21/h1-6,15,18H,7-14,16H2,(H,29,30,31). The van der Waals surface area contributed by atoms with Gasteiger partial charge in [0, 0.05) is 50.9 Å². The number of piperazine rings is 1. The van der Waals surface area contributed by atoms with E-state index >= 15 is 0 Å². The summed E-state index contributed by atoms with van der Waals surface area (Å²) in [6.07, 6.45) is -3.03. The fourth-order valence-electron chi connectivity index (χ4n) is 4.90. The summed E-state index contributed by atoms with van der Waals surface area (Å²) in [6, 6.07) is 10.6. The molecule has 1 N–H and O–H groups in total. The number of nitrogens with one attached hydrogen (secondary N) is 1. The zero-order chi connectivity index (χ0) is 26.7. The molecule has 38 heavy (non-hydrogen) atoms. The first-order valence-electron chi connectivity index (χ1n) is 12.4. The molecule has 0 spiro atoms. The lowest BCUT2D eigenvalue weighted by molar-refractivity contribution is -0.274. The van der Waals surface area contributed by atoms with Crippen LogP contribution in [0.2, 0.25) is 0 Å². The number of hydrogen-bond donors (Lipinski definition) is 1. The normalized spacial score (nSPS) is 17.6. The summed E-state index contributed by atoms with van der Waals surface area (Å²) < 4.78 is 46.1. The van der Waals surface area contributed by atoms with E-state index in [-0.39, 0.29) is 29.9 Å². The molecule has 3 heterocycles. The van der Waals surface area contributed by atoms with E-state index in [2.05, 4.69) is 25.0 Å². The van der Waals surface area contributed by atoms with Gasteiger partial charge in [-0.05, 0) is 55.3 Å². The first kappa shape index (κ1) is 25.8. The van der Waals surface area contributed by atoms with Crippen molar-refractivity contribution in [2.75, 3.05) is 45.9 Å². The van der Waals surface area contributed by atoms with Crippen LogP contribution >= 0.6 is 0 Å². The molecule has 2 aliphatic heterocycles. The molecule has 0 aliphatic carbocycles. The van der Waals surface area contributed by atoms with E-state index in [4.69, 9.17) is 4.74 Å². The molecule has 2 saturated heterocycles. The van der Waals surface area contributed by atoms with Gasteiger partial charge in [-0.15, -0.1) is 18.3 Å². The van der Waals surface area contributed by atoms with Crippen LogP contribution in [0.5, 0.6) is 11.5 Å². The number of amides is 2. The Morgan fingerprint density at radius 3 is 2.29 bits per heavy atom. The molecular formula is C25H27F3N6O4. The van der Waals surface area contributed by atoms with E-state index in [1.165, 1.54) is 12.1 Å². The molecule has 0 bridgehead atoms. The Balaban J connectivity index is 1.04. The van der Waals surface area contributed by atoms with Crippen molar-refractivity contribution in [2.45, 2.75) is 25.2 Å². The second-order valence-electron chi connectivity index (χ2n) is 9.29. The quantitative estimate of drug-likeness (QED) is 0.521. The average Bonchev–Trinajstić information content (AvgIpc) is 3.39. The zero-order valence-electron chi connectivity index (χ0n) is 20.5. The predicted octanol–water partition coefficient (Wildman–Crippen LogP) is 2.68. The van der Waals surface area contributed by atoms with Crippen LogP contribution in [0, 0.1) is 0 Å². The minimum atomic E-state index is -4.76. The molecule has 0 atom stereocenters. The van der Waals surface area contributed by atoms with Gasteiger partial charge in [0.25, 0.3) is 11.8 Å². The largest absolute Gasteiger partial charge is 0.573 e. The molecule has 3 aromatic rings. The van der Waals surface area contributed by atoms with Crippen LogP contribution in [0.25, 0.3) is 11.0 Å². The highest BCUT2D eigenvalue weighted by Crippen LogP contribution is 2.25. The number of ether oxygens (including phenoxy) is 2. The van der Waals surface area contributed by atoms with Gasteiger partial charge in [0.15, 0.2) is 6.61 Å². The number of aromatic nitrogens is 3. The summed E-state index contributed by atoms with van der Waals surface area (Å²) in [5, 5.41) is 10.5. The lowest BCUT2D eigenvalue weighted by atomic mass is 10.0.